The van der Waals surface area contributed by atoms with E-state index in [9.17, 15) is 4.79 Å². The van der Waals surface area contributed by atoms with Gasteiger partial charge in [0, 0.05) is 5.39 Å². The zero-order valence-corrected chi connectivity index (χ0v) is 8.65. The fraction of sp³-hybridized carbons (Fsp3) is 0.0833. The minimum Gasteiger partial charge on any atom is -0.454 e. The maximum atomic E-state index is 11.2. The average Bonchev–Trinajstić information content (AvgIpc) is 2.90. The van der Waals surface area contributed by atoms with E-state index in [1.165, 1.54) is 0 Å². The number of rotatable bonds is 0. The van der Waals surface area contributed by atoms with Crippen LogP contribution in [-0.2, 0) is 0 Å². The van der Waals surface area contributed by atoms with Gasteiger partial charge >= 0.3 is 5.76 Å². The molecule has 2 heterocycles. The van der Waals surface area contributed by atoms with Gasteiger partial charge in [0.15, 0.2) is 17.1 Å². The zero-order valence-electron chi connectivity index (χ0n) is 8.65. The highest BCUT2D eigenvalue weighted by atomic mass is 16.7. The summed E-state index contributed by atoms with van der Waals surface area (Å²) in [5.41, 5.74) is 1.23. The first kappa shape index (κ1) is 8.69. The molecular formula is C12H7NO4. The summed E-state index contributed by atoms with van der Waals surface area (Å²) in [7, 11) is 0. The van der Waals surface area contributed by atoms with Crippen molar-refractivity contribution in [3.05, 3.63) is 34.8 Å². The standard InChI is InChI=1S/C12H7NO4/c14-12-13-11-7-4-10-9(15-5-16-10)3-6(7)1-2-8(11)17-12/h1-4H,5H2,(H,13,14). The van der Waals surface area contributed by atoms with Gasteiger partial charge < -0.3 is 13.9 Å². The average molecular weight is 229 g/mol. The van der Waals surface area contributed by atoms with Crippen LogP contribution in [0.4, 0.5) is 0 Å². The van der Waals surface area contributed by atoms with Crippen LogP contribution in [0.25, 0.3) is 21.9 Å². The van der Waals surface area contributed by atoms with Crippen LogP contribution >= 0.6 is 0 Å². The Morgan fingerprint density at radius 1 is 1.12 bits per heavy atom. The molecule has 0 unspecified atom stereocenters. The lowest BCUT2D eigenvalue weighted by Crippen LogP contribution is -1.93. The van der Waals surface area contributed by atoms with Crippen molar-refractivity contribution >= 4 is 21.9 Å². The van der Waals surface area contributed by atoms with Crippen LogP contribution in [0.3, 0.4) is 0 Å². The fourth-order valence-electron chi connectivity index (χ4n) is 2.14. The van der Waals surface area contributed by atoms with E-state index in [-0.39, 0.29) is 6.79 Å². The molecule has 4 rings (SSSR count). The van der Waals surface area contributed by atoms with Crippen LogP contribution < -0.4 is 15.2 Å². The topological polar surface area (TPSA) is 64.5 Å². The Hall–Kier alpha value is -2.43. The molecular weight excluding hydrogens is 222 g/mol. The molecule has 17 heavy (non-hydrogen) atoms. The summed E-state index contributed by atoms with van der Waals surface area (Å²) in [4.78, 5) is 13.9. The molecule has 3 aromatic rings. The third kappa shape index (κ3) is 1.10. The smallest absolute Gasteiger partial charge is 0.417 e. The molecule has 1 N–H and O–H groups in total. The molecule has 5 heteroatoms. The Morgan fingerprint density at radius 3 is 2.82 bits per heavy atom. The van der Waals surface area contributed by atoms with E-state index >= 15 is 0 Å². The van der Waals surface area contributed by atoms with Crippen LogP contribution in [0.2, 0.25) is 0 Å². The number of aromatic nitrogens is 1. The molecule has 0 fully saturated rings. The van der Waals surface area contributed by atoms with E-state index in [0.29, 0.717) is 16.8 Å². The first-order valence-corrected chi connectivity index (χ1v) is 5.16. The summed E-state index contributed by atoms with van der Waals surface area (Å²) in [6.45, 7) is 0.233. The Labute approximate surface area is 94.6 Å². The molecule has 0 aliphatic carbocycles. The van der Waals surface area contributed by atoms with Crippen molar-refractivity contribution in [1.82, 2.24) is 4.98 Å². The molecule has 0 radical (unpaired) electrons. The van der Waals surface area contributed by atoms with E-state index < -0.39 is 5.76 Å². The molecule has 1 aliphatic rings. The molecule has 1 aliphatic heterocycles. The Morgan fingerprint density at radius 2 is 1.94 bits per heavy atom. The third-order valence-corrected chi connectivity index (χ3v) is 2.90. The number of benzene rings is 2. The van der Waals surface area contributed by atoms with Gasteiger partial charge in [0.25, 0.3) is 0 Å². The molecule has 5 nitrogen and oxygen atoms in total. The van der Waals surface area contributed by atoms with Gasteiger partial charge in [-0.1, -0.05) is 6.07 Å². The number of nitrogens with one attached hydrogen (secondary N) is 1. The largest absolute Gasteiger partial charge is 0.454 e. The lowest BCUT2D eigenvalue weighted by Gasteiger charge is -2.01. The number of fused-ring (bicyclic) bond motifs is 4. The lowest BCUT2D eigenvalue weighted by molar-refractivity contribution is 0.174. The maximum Gasteiger partial charge on any atom is 0.417 e. The van der Waals surface area contributed by atoms with Crippen LogP contribution in [0, 0.1) is 0 Å². The highest BCUT2D eigenvalue weighted by molar-refractivity contribution is 6.04. The van der Waals surface area contributed by atoms with Gasteiger partial charge in [-0.2, -0.15) is 0 Å². The molecule has 0 bridgehead atoms. The van der Waals surface area contributed by atoms with Gasteiger partial charge in [0.1, 0.15) is 0 Å². The Bertz CT molecular complexity index is 799. The third-order valence-electron chi connectivity index (χ3n) is 2.90. The summed E-state index contributed by atoms with van der Waals surface area (Å²) in [6.07, 6.45) is 0. The number of hydrogen-bond acceptors (Lipinski definition) is 4. The molecule has 0 saturated heterocycles. The Balaban J connectivity index is 2.21. The maximum absolute atomic E-state index is 11.2. The van der Waals surface area contributed by atoms with Gasteiger partial charge in [-0.15, -0.1) is 0 Å². The van der Waals surface area contributed by atoms with Crippen molar-refractivity contribution in [2.75, 3.05) is 6.79 Å². The minimum atomic E-state index is -0.454. The quantitative estimate of drug-likeness (QED) is 0.640. The minimum absolute atomic E-state index is 0.233. The van der Waals surface area contributed by atoms with E-state index in [2.05, 4.69) is 4.98 Å². The van der Waals surface area contributed by atoms with Gasteiger partial charge in [-0.05, 0) is 23.6 Å². The van der Waals surface area contributed by atoms with Gasteiger partial charge in [-0.25, -0.2) is 4.79 Å². The summed E-state index contributed by atoms with van der Waals surface area (Å²) < 4.78 is 15.6. The zero-order chi connectivity index (χ0) is 11.4. The highest BCUT2D eigenvalue weighted by Gasteiger charge is 2.16. The number of ether oxygens (including phenoxy) is 2. The molecule has 84 valence electrons. The molecule has 0 amide bonds. The molecule has 0 atom stereocenters. The van der Waals surface area contributed by atoms with E-state index in [1.54, 1.807) is 6.07 Å². The van der Waals surface area contributed by atoms with Crippen molar-refractivity contribution in [1.29, 1.82) is 0 Å². The number of aromatic amines is 1. The highest BCUT2D eigenvalue weighted by Crippen LogP contribution is 2.37. The number of hydrogen-bond donors (Lipinski definition) is 1. The number of H-pyrrole nitrogens is 1. The Kier molecular flexibility index (Phi) is 1.44. The van der Waals surface area contributed by atoms with E-state index in [0.717, 1.165) is 16.5 Å². The first-order valence-electron chi connectivity index (χ1n) is 5.16. The predicted octanol–water partition coefficient (Wildman–Crippen LogP) is 2.00. The second-order valence-corrected chi connectivity index (χ2v) is 3.88. The van der Waals surface area contributed by atoms with Crippen LogP contribution in [0.15, 0.2) is 33.5 Å². The SMILES string of the molecule is O=c1[nH]c2c(ccc3cc4c(cc32)OCO4)o1. The normalized spacial score (nSPS) is 13.6. The van der Waals surface area contributed by atoms with Crippen molar-refractivity contribution < 1.29 is 13.9 Å². The molecule has 1 aromatic heterocycles. The summed E-state index contributed by atoms with van der Waals surface area (Å²) in [5.74, 6) is 0.958. The fourth-order valence-corrected chi connectivity index (χ4v) is 2.14. The molecule has 2 aromatic carbocycles. The summed E-state index contributed by atoms with van der Waals surface area (Å²) in [5, 5.41) is 1.86. The van der Waals surface area contributed by atoms with E-state index in [1.807, 2.05) is 18.2 Å². The molecule has 0 saturated carbocycles. The summed E-state index contributed by atoms with van der Waals surface area (Å²) in [6, 6.07) is 7.39. The number of oxazole rings is 1. The van der Waals surface area contributed by atoms with Crippen molar-refractivity contribution in [2.45, 2.75) is 0 Å². The van der Waals surface area contributed by atoms with Crippen molar-refractivity contribution in [3.8, 4) is 11.5 Å². The van der Waals surface area contributed by atoms with Crippen molar-refractivity contribution in [3.63, 3.8) is 0 Å². The van der Waals surface area contributed by atoms with Crippen molar-refractivity contribution in [2.24, 2.45) is 0 Å². The second kappa shape index (κ2) is 2.82. The lowest BCUT2D eigenvalue weighted by atomic mass is 10.1. The van der Waals surface area contributed by atoms with Crippen LogP contribution in [0.5, 0.6) is 11.5 Å². The first-order chi connectivity index (χ1) is 8.31. The van der Waals surface area contributed by atoms with Crippen LogP contribution in [0.1, 0.15) is 0 Å². The molecule has 0 spiro atoms. The van der Waals surface area contributed by atoms with Gasteiger partial charge in [0.05, 0.1) is 5.52 Å². The second-order valence-electron chi connectivity index (χ2n) is 3.88. The van der Waals surface area contributed by atoms with Gasteiger partial charge in [-0.3, -0.25) is 4.98 Å². The van der Waals surface area contributed by atoms with Crippen LogP contribution in [-0.4, -0.2) is 11.8 Å². The van der Waals surface area contributed by atoms with E-state index in [4.69, 9.17) is 13.9 Å². The monoisotopic (exact) mass is 229 g/mol. The predicted molar refractivity (Wildman–Crippen MR) is 60.5 cm³/mol. The summed E-state index contributed by atoms with van der Waals surface area (Å²) >= 11 is 0. The van der Waals surface area contributed by atoms with Gasteiger partial charge in [0.2, 0.25) is 6.79 Å².